The minimum atomic E-state index is -0.299. The zero-order valence-electron chi connectivity index (χ0n) is 10.4. The van der Waals surface area contributed by atoms with E-state index in [4.69, 9.17) is 10.2 Å². The first-order valence-corrected chi connectivity index (χ1v) is 5.89. The lowest BCUT2D eigenvalue weighted by atomic mass is 10.0. The van der Waals surface area contributed by atoms with E-state index in [0.717, 1.165) is 11.1 Å². The van der Waals surface area contributed by atoms with Gasteiger partial charge in [-0.05, 0) is 44.0 Å². The minimum absolute atomic E-state index is 0.0900. The average molecular weight is 234 g/mol. The smallest absolute Gasteiger partial charge is 0.408 e. The van der Waals surface area contributed by atoms with Gasteiger partial charge >= 0.3 is 5.76 Å². The lowest BCUT2D eigenvalue weighted by molar-refractivity contribution is 0.478. The maximum absolute atomic E-state index is 11.7. The molecule has 4 nitrogen and oxygen atoms in total. The molecule has 92 valence electrons. The number of benzene rings is 1. The zero-order valence-corrected chi connectivity index (χ0v) is 10.4. The van der Waals surface area contributed by atoms with E-state index in [1.165, 1.54) is 0 Å². The second-order valence-corrected chi connectivity index (χ2v) is 4.70. The Morgan fingerprint density at radius 3 is 2.65 bits per heavy atom. The molecule has 1 atom stereocenters. The summed E-state index contributed by atoms with van der Waals surface area (Å²) in [7, 11) is 0. The Labute approximate surface area is 100 Å². The second kappa shape index (κ2) is 4.37. The highest BCUT2D eigenvalue weighted by Gasteiger charge is 2.13. The molecular formula is C13H18N2O2. The monoisotopic (exact) mass is 234 g/mol. The van der Waals surface area contributed by atoms with E-state index in [1.54, 1.807) is 4.57 Å². The maximum atomic E-state index is 11.7. The van der Waals surface area contributed by atoms with Crippen molar-refractivity contribution >= 4 is 11.1 Å². The Bertz CT molecular complexity index is 581. The molecule has 0 amide bonds. The van der Waals surface area contributed by atoms with Crippen LogP contribution in [0.5, 0.6) is 0 Å². The number of aromatic nitrogens is 1. The molecule has 0 aliphatic rings. The van der Waals surface area contributed by atoms with Crippen LogP contribution in [0.2, 0.25) is 0 Å². The molecule has 2 rings (SSSR count). The fourth-order valence-electron chi connectivity index (χ4n) is 1.98. The Kier molecular flexibility index (Phi) is 3.07. The normalized spacial score (nSPS) is 13.5. The quantitative estimate of drug-likeness (QED) is 0.885. The van der Waals surface area contributed by atoms with Crippen molar-refractivity contribution in [2.75, 3.05) is 6.54 Å². The van der Waals surface area contributed by atoms with Gasteiger partial charge in [-0.25, -0.2) is 4.79 Å². The molecule has 1 unspecified atom stereocenters. The van der Waals surface area contributed by atoms with Gasteiger partial charge in [0.2, 0.25) is 0 Å². The molecule has 17 heavy (non-hydrogen) atoms. The predicted octanol–water partition coefficient (Wildman–Crippen LogP) is 2.24. The Balaban J connectivity index is 2.66. The van der Waals surface area contributed by atoms with Crippen LogP contribution in [-0.2, 0) is 0 Å². The van der Waals surface area contributed by atoms with Gasteiger partial charge in [0.25, 0.3) is 0 Å². The van der Waals surface area contributed by atoms with Crippen molar-refractivity contribution in [2.24, 2.45) is 5.73 Å². The van der Waals surface area contributed by atoms with Gasteiger partial charge in [0, 0.05) is 6.04 Å². The van der Waals surface area contributed by atoms with Crippen molar-refractivity contribution in [3.8, 4) is 0 Å². The van der Waals surface area contributed by atoms with Gasteiger partial charge in [0.1, 0.15) is 0 Å². The average Bonchev–Trinajstić information content (AvgIpc) is 2.62. The van der Waals surface area contributed by atoms with Gasteiger partial charge in [-0.2, -0.15) is 0 Å². The Morgan fingerprint density at radius 1 is 1.35 bits per heavy atom. The van der Waals surface area contributed by atoms with E-state index in [-0.39, 0.29) is 17.7 Å². The van der Waals surface area contributed by atoms with E-state index < -0.39 is 0 Å². The summed E-state index contributed by atoms with van der Waals surface area (Å²) < 4.78 is 6.87. The van der Waals surface area contributed by atoms with Crippen LogP contribution in [-0.4, -0.2) is 11.1 Å². The summed E-state index contributed by atoms with van der Waals surface area (Å²) in [4.78, 5) is 11.7. The lowest BCUT2D eigenvalue weighted by Gasteiger charge is -2.10. The first kappa shape index (κ1) is 11.9. The first-order valence-electron chi connectivity index (χ1n) is 5.89. The van der Waals surface area contributed by atoms with Gasteiger partial charge in [0.05, 0.1) is 5.52 Å². The molecule has 0 radical (unpaired) electrons. The molecule has 0 fully saturated rings. The minimum Gasteiger partial charge on any atom is -0.408 e. The summed E-state index contributed by atoms with van der Waals surface area (Å²) in [6.45, 7) is 6.60. The van der Waals surface area contributed by atoms with Crippen LogP contribution in [0.3, 0.4) is 0 Å². The van der Waals surface area contributed by atoms with E-state index in [9.17, 15) is 4.79 Å². The predicted molar refractivity (Wildman–Crippen MR) is 68.3 cm³/mol. The van der Waals surface area contributed by atoms with Crippen molar-refractivity contribution in [2.45, 2.75) is 32.7 Å². The van der Waals surface area contributed by atoms with E-state index in [1.807, 2.05) is 32.0 Å². The number of rotatable bonds is 3. The van der Waals surface area contributed by atoms with Crippen molar-refractivity contribution in [1.82, 2.24) is 4.57 Å². The zero-order chi connectivity index (χ0) is 12.6. The standard InChI is InChI=1S/C13H18N2O2/c1-8(2)15-11-6-10(9(3)7-14)4-5-12(11)17-13(15)16/h4-6,8-9H,7,14H2,1-3H3. The molecule has 0 saturated heterocycles. The van der Waals surface area contributed by atoms with Gasteiger partial charge < -0.3 is 10.2 Å². The van der Waals surface area contributed by atoms with Gasteiger partial charge in [-0.1, -0.05) is 13.0 Å². The molecule has 1 heterocycles. The fourth-order valence-corrected chi connectivity index (χ4v) is 1.98. The molecule has 2 aromatic rings. The third-order valence-corrected chi connectivity index (χ3v) is 3.08. The summed E-state index contributed by atoms with van der Waals surface area (Å²) in [6.07, 6.45) is 0. The Morgan fingerprint density at radius 2 is 2.06 bits per heavy atom. The van der Waals surface area contributed by atoms with Crippen LogP contribution in [0.4, 0.5) is 0 Å². The molecule has 1 aromatic heterocycles. The summed E-state index contributed by atoms with van der Waals surface area (Å²) in [5.41, 5.74) is 8.28. The molecule has 0 aliphatic heterocycles. The van der Waals surface area contributed by atoms with Crippen LogP contribution < -0.4 is 11.5 Å². The van der Waals surface area contributed by atoms with Crippen LogP contribution in [0.1, 0.15) is 38.3 Å². The van der Waals surface area contributed by atoms with Crippen molar-refractivity contribution in [1.29, 1.82) is 0 Å². The number of hydrogen-bond donors (Lipinski definition) is 1. The van der Waals surface area contributed by atoms with Gasteiger partial charge in [-0.15, -0.1) is 0 Å². The highest BCUT2D eigenvalue weighted by Crippen LogP contribution is 2.22. The molecule has 4 heteroatoms. The van der Waals surface area contributed by atoms with Crippen LogP contribution in [0.15, 0.2) is 27.4 Å². The lowest BCUT2D eigenvalue weighted by Crippen LogP contribution is -2.16. The van der Waals surface area contributed by atoms with Crippen LogP contribution in [0.25, 0.3) is 11.1 Å². The number of oxazole rings is 1. The van der Waals surface area contributed by atoms with E-state index in [2.05, 4.69) is 6.92 Å². The molecule has 0 aliphatic carbocycles. The Hall–Kier alpha value is -1.55. The van der Waals surface area contributed by atoms with Crippen LogP contribution in [0, 0.1) is 0 Å². The summed E-state index contributed by atoms with van der Waals surface area (Å²) in [5.74, 6) is -0.0161. The molecule has 2 N–H and O–H groups in total. The highest BCUT2D eigenvalue weighted by atomic mass is 16.4. The largest absolute Gasteiger partial charge is 0.420 e. The molecule has 0 spiro atoms. The summed E-state index contributed by atoms with van der Waals surface area (Å²) in [6, 6.07) is 5.90. The first-order chi connectivity index (χ1) is 8.04. The van der Waals surface area contributed by atoms with Crippen molar-refractivity contribution in [3.63, 3.8) is 0 Å². The van der Waals surface area contributed by atoms with Gasteiger partial charge in [-0.3, -0.25) is 4.57 Å². The summed E-state index contributed by atoms with van der Waals surface area (Å²) in [5, 5.41) is 0. The van der Waals surface area contributed by atoms with Crippen molar-refractivity contribution < 1.29 is 4.42 Å². The highest BCUT2D eigenvalue weighted by molar-refractivity contribution is 5.74. The van der Waals surface area contributed by atoms with Gasteiger partial charge in [0.15, 0.2) is 5.58 Å². The SMILES string of the molecule is CC(CN)c1ccc2oc(=O)n(C(C)C)c2c1. The molecule has 1 aromatic carbocycles. The molecular weight excluding hydrogens is 216 g/mol. The second-order valence-electron chi connectivity index (χ2n) is 4.70. The molecule has 0 saturated carbocycles. The number of hydrogen-bond acceptors (Lipinski definition) is 3. The van der Waals surface area contributed by atoms with Crippen LogP contribution >= 0.6 is 0 Å². The fraction of sp³-hybridized carbons (Fsp3) is 0.462. The third-order valence-electron chi connectivity index (χ3n) is 3.08. The molecule has 0 bridgehead atoms. The van der Waals surface area contributed by atoms with E-state index in [0.29, 0.717) is 12.1 Å². The number of nitrogens with zero attached hydrogens (tertiary/aromatic N) is 1. The number of nitrogens with two attached hydrogens (primary N) is 1. The summed E-state index contributed by atoms with van der Waals surface area (Å²) >= 11 is 0. The maximum Gasteiger partial charge on any atom is 0.420 e. The topological polar surface area (TPSA) is 61.2 Å². The van der Waals surface area contributed by atoms with E-state index >= 15 is 0 Å². The number of fused-ring (bicyclic) bond motifs is 1. The van der Waals surface area contributed by atoms with Crippen molar-refractivity contribution in [3.05, 3.63) is 34.3 Å². The third kappa shape index (κ3) is 2.00.